The van der Waals surface area contributed by atoms with Crippen molar-refractivity contribution in [1.82, 2.24) is 0 Å². The number of carbonyl (C=O) groups is 2. The lowest BCUT2D eigenvalue weighted by Crippen LogP contribution is -2.34. The number of anilines is 2. The van der Waals surface area contributed by atoms with Crippen LogP contribution in [0.15, 0.2) is 48.5 Å². The number of hydrogen-bond donors (Lipinski definition) is 1. The highest BCUT2D eigenvalue weighted by molar-refractivity contribution is 5.89. The van der Waals surface area contributed by atoms with Gasteiger partial charge in [-0.25, -0.2) is 9.59 Å². The molecule has 158 valence electrons. The summed E-state index contributed by atoms with van der Waals surface area (Å²) in [6.45, 7) is 4.62. The number of benzene rings is 2. The Morgan fingerprint density at radius 3 is 2.57 bits per heavy atom. The monoisotopic (exact) mass is 409 g/mol. The number of ether oxygens (including phenoxy) is 2. The Morgan fingerprint density at radius 1 is 1.13 bits per heavy atom. The Morgan fingerprint density at radius 2 is 1.90 bits per heavy atom. The van der Waals surface area contributed by atoms with Crippen molar-refractivity contribution in [2.45, 2.75) is 39.5 Å². The van der Waals surface area contributed by atoms with E-state index in [0.29, 0.717) is 18.0 Å². The molecule has 0 spiro atoms. The molecule has 0 heterocycles. The van der Waals surface area contributed by atoms with Crippen LogP contribution in [0.5, 0.6) is 5.75 Å². The number of rotatable bonds is 9. The molecule has 0 radical (unpaired) electrons. The topological polar surface area (TPSA) is 91.7 Å². The zero-order valence-electron chi connectivity index (χ0n) is 17.4. The Bertz CT molecular complexity index is 875. The second kappa shape index (κ2) is 12.1. The first-order valence-electron chi connectivity index (χ1n) is 10.1. The van der Waals surface area contributed by atoms with Gasteiger partial charge in [0.15, 0.2) is 0 Å². The van der Waals surface area contributed by atoms with Gasteiger partial charge >= 0.3 is 12.2 Å². The van der Waals surface area contributed by atoms with Gasteiger partial charge in [0.2, 0.25) is 0 Å². The lowest BCUT2D eigenvalue weighted by Gasteiger charge is -2.21. The molecule has 0 atom stereocenters. The molecule has 7 nitrogen and oxygen atoms in total. The van der Waals surface area contributed by atoms with E-state index in [4.69, 9.17) is 14.7 Å². The van der Waals surface area contributed by atoms with Crippen molar-refractivity contribution in [2.24, 2.45) is 0 Å². The summed E-state index contributed by atoms with van der Waals surface area (Å²) in [6.07, 6.45) is 1.64. The van der Waals surface area contributed by atoms with Crippen molar-refractivity contribution in [1.29, 1.82) is 5.26 Å². The molecule has 0 aliphatic rings. The highest BCUT2D eigenvalue weighted by atomic mass is 16.6. The number of carbonyl (C=O) groups excluding carboxylic acids is 2. The number of unbranched alkanes of at least 4 members (excludes halogenated alkanes) is 1. The first kappa shape index (κ1) is 22.8. The number of hydrogen-bond acceptors (Lipinski definition) is 5. The van der Waals surface area contributed by atoms with E-state index in [9.17, 15) is 9.59 Å². The minimum atomic E-state index is -0.600. The fraction of sp³-hybridized carbons (Fsp3) is 0.348. The van der Waals surface area contributed by atoms with Crippen molar-refractivity contribution in [3.8, 4) is 11.8 Å². The third-order valence-electron chi connectivity index (χ3n) is 4.34. The molecule has 0 aromatic heterocycles. The smallest absolute Gasteiger partial charge is 0.419 e. The van der Waals surface area contributed by atoms with Gasteiger partial charge in [0.1, 0.15) is 5.75 Å². The molecule has 0 aliphatic carbocycles. The molecule has 0 saturated heterocycles. The average molecular weight is 409 g/mol. The highest BCUT2D eigenvalue weighted by Crippen LogP contribution is 2.21. The van der Waals surface area contributed by atoms with Crippen molar-refractivity contribution in [3.63, 3.8) is 0 Å². The summed E-state index contributed by atoms with van der Waals surface area (Å²) in [5, 5.41) is 11.5. The quantitative estimate of drug-likeness (QED) is 0.551. The first-order chi connectivity index (χ1) is 14.6. The van der Waals surface area contributed by atoms with Gasteiger partial charge in [-0.2, -0.15) is 5.26 Å². The predicted molar refractivity (Wildman–Crippen MR) is 116 cm³/mol. The SMILES string of the molecule is CCCCOC(=O)Nc1cccc(OC(=O)N(CCC#N)c2ccc(CC)cc2)c1. The maximum atomic E-state index is 12.8. The molecule has 0 bridgehead atoms. The molecule has 0 aliphatic heterocycles. The lowest BCUT2D eigenvalue weighted by atomic mass is 10.1. The molecule has 2 aromatic carbocycles. The summed E-state index contributed by atoms with van der Waals surface area (Å²) in [5.74, 6) is 0.276. The van der Waals surface area contributed by atoms with Crippen LogP contribution in [0.3, 0.4) is 0 Å². The largest absolute Gasteiger partial charge is 0.449 e. The molecule has 0 saturated carbocycles. The summed E-state index contributed by atoms with van der Waals surface area (Å²) in [7, 11) is 0. The van der Waals surface area contributed by atoms with Crippen LogP contribution in [0, 0.1) is 11.3 Å². The number of nitriles is 1. The maximum absolute atomic E-state index is 12.8. The predicted octanol–water partition coefficient (Wildman–Crippen LogP) is 5.52. The molecule has 2 aromatic rings. The minimum Gasteiger partial charge on any atom is -0.449 e. The van der Waals surface area contributed by atoms with Gasteiger partial charge in [0.05, 0.1) is 19.1 Å². The van der Waals surface area contributed by atoms with Crippen LogP contribution in [0.1, 0.15) is 38.7 Å². The normalized spacial score (nSPS) is 10.0. The second-order valence-electron chi connectivity index (χ2n) is 6.59. The van der Waals surface area contributed by atoms with Gasteiger partial charge in [-0.15, -0.1) is 0 Å². The van der Waals surface area contributed by atoms with E-state index in [0.717, 1.165) is 24.8 Å². The van der Waals surface area contributed by atoms with E-state index < -0.39 is 12.2 Å². The Kier molecular flexibility index (Phi) is 9.19. The second-order valence-corrected chi connectivity index (χ2v) is 6.59. The maximum Gasteiger partial charge on any atom is 0.419 e. The highest BCUT2D eigenvalue weighted by Gasteiger charge is 2.18. The minimum absolute atomic E-state index is 0.176. The van der Waals surface area contributed by atoms with Crippen LogP contribution in [0.25, 0.3) is 0 Å². The zero-order valence-corrected chi connectivity index (χ0v) is 17.4. The first-order valence-corrected chi connectivity index (χ1v) is 10.1. The van der Waals surface area contributed by atoms with Crippen LogP contribution in [0.2, 0.25) is 0 Å². The number of amides is 2. The van der Waals surface area contributed by atoms with E-state index in [1.807, 2.05) is 31.2 Å². The lowest BCUT2D eigenvalue weighted by molar-refractivity contribution is 0.160. The zero-order chi connectivity index (χ0) is 21.8. The van der Waals surface area contributed by atoms with Crippen molar-refractivity contribution < 1.29 is 19.1 Å². The van der Waals surface area contributed by atoms with Gasteiger partial charge in [0.25, 0.3) is 0 Å². The summed E-state index contributed by atoms with van der Waals surface area (Å²) in [4.78, 5) is 26.0. The van der Waals surface area contributed by atoms with E-state index in [1.165, 1.54) is 4.90 Å². The van der Waals surface area contributed by atoms with Crippen LogP contribution in [0.4, 0.5) is 21.0 Å². The van der Waals surface area contributed by atoms with Crippen LogP contribution < -0.4 is 15.0 Å². The summed E-state index contributed by atoms with van der Waals surface area (Å²) < 4.78 is 10.6. The van der Waals surface area contributed by atoms with Gasteiger partial charge in [-0.3, -0.25) is 10.2 Å². The van der Waals surface area contributed by atoms with E-state index in [2.05, 4.69) is 18.3 Å². The van der Waals surface area contributed by atoms with Crippen LogP contribution in [-0.4, -0.2) is 25.3 Å². The van der Waals surface area contributed by atoms with Gasteiger partial charge in [0, 0.05) is 24.0 Å². The van der Waals surface area contributed by atoms with Gasteiger partial charge in [-0.05, 0) is 42.7 Å². The van der Waals surface area contributed by atoms with Gasteiger partial charge < -0.3 is 9.47 Å². The number of nitrogens with zero attached hydrogens (tertiary/aromatic N) is 2. The standard InChI is InChI=1S/C23H27N3O4/c1-3-5-16-29-22(27)25-19-8-6-9-21(17-19)30-23(28)26(15-7-14-24)20-12-10-18(4-2)11-13-20/h6,8-13,17H,3-5,7,15-16H2,1-2H3,(H,25,27). The Labute approximate surface area is 177 Å². The molecule has 1 N–H and O–H groups in total. The summed E-state index contributed by atoms with van der Waals surface area (Å²) >= 11 is 0. The third-order valence-corrected chi connectivity index (χ3v) is 4.34. The molecule has 0 unspecified atom stereocenters. The van der Waals surface area contributed by atoms with Crippen LogP contribution in [-0.2, 0) is 11.2 Å². The van der Waals surface area contributed by atoms with E-state index in [-0.39, 0.29) is 18.7 Å². The van der Waals surface area contributed by atoms with Crippen molar-refractivity contribution in [3.05, 3.63) is 54.1 Å². The molecule has 30 heavy (non-hydrogen) atoms. The Balaban J connectivity index is 2.07. The van der Waals surface area contributed by atoms with E-state index in [1.54, 1.807) is 24.3 Å². The molecule has 2 rings (SSSR count). The third kappa shape index (κ3) is 7.13. The number of aryl methyl sites for hydroxylation is 1. The van der Waals surface area contributed by atoms with Crippen molar-refractivity contribution in [2.75, 3.05) is 23.4 Å². The van der Waals surface area contributed by atoms with Crippen molar-refractivity contribution >= 4 is 23.6 Å². The molecular weight excluding hydrogens is 382 g/mol. The molecular formula is C23H27N3O4. The summed E-state index contributed by atoms with van der Waals surface area (Å²) in [6, 6.07) is 16.1. The molecule has 7 heteroatoms. The molecule has 0 fully saturated rings. The Hall–Kier alpha value is -3.53. The fourth-order valence-corrected chi connectivity index (χ4v) is 2.66. The van der Waals surface area contributed by atoms with E-state index >= 15 is 0 Å². The average Bonchev–Trinajstić information content (AvgIpc) is 2.75. The fourth-order valence-electron chi connectivity index (χ4n) is 2.66. The number of nitrogens with one attached hydrogen (secondary N) is 1. The summed E-state index contributed by atoms with van der Waals surface area (Å²) in [5.41, 5.74) is 2.26. The van der Waals surface area contributed by atoms with Crippen LogP contribution >= 0.6 is 0 Å². The van der Waals surface area contributed by atoms with Gasteiger partial charge in [-0.1, -0.05) is 38.5 Å². The molecule has 2 amide bonds.